The lowest BCUT2D eigenvalue weighted by atomic mass is 9.98. The third-order valence-electron chi connectivity index (χ3n) is 6.19. The van der Waals surface area contributed by atoms with Crippen LogP contribution < -0.4 is 21.1 Å². The Hall–Kier alpha value is -5.01. The Kier molecular flexibility index (Phi) is 8.48. The van der Waals surface area contributed by atoms with Crippen LogP contribution in [0, 0.1) is 10.1 Å². The highest BCUT2D eigenvalue weighted by atomic mass is 16.6. The molecule has 3 atom stereocenters. The number of hydrogen-bond acceptors (Lipinski definition) is 8. The van der Waals surface area contributed by atoms with Crippen LogP contribution in [-0.2, 0) is 30.5 Å². The highest BCUT2D eigenvalue weighted by Gasteiger charge is 2.51. The Morgan fingerprint density at radius 2 is 1.87 bits per heavy atom. The van der Waals surface area contributed by atoms with E-state index in [-0.39, 0.29) is 30.1 Å². The molecular formula is C25H27N5O9. The molecule has 1 heterocycles. The van der Waals surface area contributed by atoms with Crippen molar-refractivity contribution in [1.29, 1.82) is 0 Å². The third kappa shape index (κ3) is 6.47. The number of primary amides is 1. The van der Waals surface area contributed by atoms with Crippen LogP contribution in [0.4, 0.5) is 11.4 Å². The number of carboxylic acids is 1. The number of non-ortho nitro benzene ring substituents is 1. The van der Waals surface area contributed by atoms with Crippen LogP contribution in [0.5, 0.6) is 5.75 Å². The monoisotopic (exact) mass is 541 g/mol. The number of carboxylic acid groups (broad SMARTS) is 1. The molecule has 1 aliphatic rings. The molecule has 0 fully saturated rings. The van der Waals surface area contributed by atoms with Crippen molar-refractivity contribution < 1.29 is 38.7 Å². The molecule has 39 heavy (non-hydrogen) atoms. The van der Waals surface area contributed by atoms with Gasteiger partial charge in [-0.15, -0.1) is 0 Å². The molecule has 206 valence electrons. The van der Waals surface area contributed by atoms with Gasteiger partial charge in [0, 0.05) is 25.1 Å². The zero-order valence-corrected chi connectivity index (χ0v) is 21.1. The minimum atomic E-state index is -2.17. The Balaban J connectivity index is 1.92. The number of benzene rings is 2. The van der Waals surface area contributed by atoms with E-state index in [1.54, 1.807) is 30.3 Å². The van der Waals surface area contributed by atoms with Gasteiger partial charge in [-0.3, -0.25) is 34.1 Å². The summed E-state index contributed by atoms with van der Waals surface area (Å²) in [5, 5.41) is 24.8. The number of aliphatic carboxylic acids is 1. The molecule has 14 nitrogen and oxygen atoms in total. The van der Waals surface area contributed by atoms with Crippen LogP contribution >= 0.6 is 0 Å². The Labute approximate surface area is 222 Å². The molecule has 5 N–H and O–H groups in total. The van der Waals surface area contributed by atoms with Crippen molar-refractivity contribution in [3.63, 3.8) is 0 Å². The standard InChI is InChI=1S/C25H27N5O9/c1-14(22(34)27-17(21(26)33)9-11-20(31)32)29(13-15-6-4-3-5-7-15)24(36)25(2)23(35)28-18-12-16(30(37)38)8-10-19(18)39-25/h3-8,10,12,14,17H,9,11,13H2,1-2H3,(H2,26,33)(H,27,34)(H,28,35)(H,31,32)/t14-,17+,25?/m0/s1. The van der Waals surface area contributed by atoms with Crippen molar-refractivity contribution >= 4 is 41.0 Å². The first-order valence-electron chi connectivity index (χ1n) is 11.8. The Morgan fingerprint density at radius 3 is 2.46 bits per heavy atom. The Morgan fingerprint density at radius 1 is 1.21 bits per heavy atom. The van der Waals surface area contributed by atoms with E-state index in [0.717, 1.165) is 17.0 Å². The van der Waals surface area contributed by atoms with E-state index in [9.17, 15) is 34.1 Å². The largest absolute Gasteiger partial charge is 0.481 e. The van der Waals surface area contributed by atoms with Crippen LogP contribution in [0.25, 0.3) is 0 Å². The number of fused-ring (bicyclic) bond motifs is 1. The fourth-order valence-corrected chi connectivity index (χ4v) is 3.89. The molecule has 2 aromatic carbocycles. The molecule has 0 saturated heterocycles. The van der Waals surface area contributed by atoms with Gasteiger partial charge in [0.05, 0.1) is 10.6 Å². The second-order valence-corrected chi connectivity index (χ2v) is 9.02. The maximum Gasteiger partial charge on any atom is 0.303 e. The van der Waals surface area contributed by atoms with Crippen molar-refractivity contribution in [2.45, 2.75) is 50.9 Å². The molecule has 4 amide bonds. The SMILES string of the molecule is C[C@@H](C(=O)N[C@H](CCC(=O)O)C(N)=O)N(Cc1ccccc1)C(=O)C1(C)Oc2ccc([N+](=O)[O-])cc2NC1=O. The number of amides is 4. The molecule has 3 rings (SSSR count). The van der Waals surface area contributed by atoms with E-state index in [0.29, 0.717) is 5.56 Å². The second-order valence-electron chi connectivity index (χ2n) is 9.02. The molecule has 0 aliphatic carbocycles. The number of hydrogen-bond donors (Lipinski definition) is 4. The lowest BCUT2D eigenvalue weighted by Crippen LogP contribution is -2.63. The normalized spacial score (nSPS) is 17.4. The van der Waals surface area contributed by atoms with Crippen LogP contribution in [-0.4, -0.2) is 62.2 Å². The van der Waals surface area contributed by atoms with Crippen molar-refractivity contribution in [2.75, 3.05) is 5.32 Å². The number of nitrogens with two attached hydrogens (primary N) is 1. The summed E-state index contributed by atoms with van der Waals surface area (Å²) in [7, 11) is 0. The summed E-state index contributed by atoms with van der Waals surface area (Å²) in [5.74, 6) is -4.77. The van der Waals surface area contributed by atoms with E-state index >= 15 is 0 Å². The zero-order valence-electron chi connectivity index (χ0n) is 21.1. The number of carbonyl (C=O) groups is 5. The summed E-state index contributed by atoms with van der Waals surface area (Å²) >= 11 is 0. The summed E-state index contributed by atoms with van der Waals surface area (Å²) in [6.07, 6.45) is -0.694. The van der Waals surface area contributed by atoms with E-state index in [1.807, 2.05) is 0 Å². The molecule has 0 radical (unpaired) electrons. The van der Waals surface area contributed by atoms with Gasteiger partial charge in [0.2, 0.25) is 11.8 Å². The maximum atomic E-state index is 13.9. The third-order valence-corrected chi connectivity index (χ3v) is 6.19. The Bertz CT molecular complexity index is 1320. The summed E-state index contributed by atoms with van der Waals surface area (Å²) in [4.78, 5) is 74.4. The highest BCUT2D eigenvalue weighted by molar-refractivity contribution is 6.16. The number of carbonyl (C=O) groups excluding carboxylic acids is 4. The summed E-state index contributed by atoms with van der Waals surface area (Å²) in [6, 6.07) is 9.49. The number of ether oxygens (including phenoxy) is 1. The van der Waals surface area contributed by atoms with Gasteiger partial charge in [-0.1, -0.05) is 30.3 Å². The second kappa shape index (κ2) is 11.6. The van der Waals surface area contributed by atoms with Gasteiger partial charge in [-0.25, -0.2) is 0 Å². The molecule has 0 aromatic heterocycles. The number of nitro benzene ring substituents is 1. The van der Waals surface area contributed by atoms with Crippen molar-refractivity contribution in [3.05, 3.63) is 64.2 Å². The van der Waals surface area contributed by atoms with Gasteiger partial charge in [-0.05, 0) is 31.9 Å². The fraction of sp³-hybridized carbons (Fsp3) is 0.320. The van der Waals surface area contributed by atoms with Gasteiger partial charge in [0.15, 0.2) is 0 Å². The number of nitrogens with zero attached hydrogens (tertiary/aromatic N) is 2. The van der Waals surface area contributed by atoms with Crippen molar-refractivity contribution in [1.82, 2.24) is 10.2 Å². The first-order chi connectivity index (χ1) is 18.3. The molecular weight excluding hydrogens is 514 g/mol. The van der Waals surface area contributed by atoms with Crippen molar-refractivity contribution in [3.8, 4) is 5.75 Å². The van der Waals surface area contributed by atoms with Gasteiger partial charge in [-0.2, -0.15) is 0 Å². The molecule has 1 unspecified atom stereocenters. The first-order valence-corrected chi connectivity index (χ1v) is 11.8. The molecule has 2 aromatic rings. The topological polar surface area (TPSA) is 211 Å². The van der Waals surface area contributed by atoms with Gasteiger partial charge in [0.25, 0.3) is 23.1 Å². The highest BCUT2D eigenvalue weighted by Crippen LogP contribution is 2.37. The van der Waals surface area contributed by atoms with Crippen molar-refractivity contribution in [2.24, 2.45) is 5.73 Å². The summed E-state index contributed by atoms with van der Waals surface area (Å²) in [6.45, 7) is 2.44. The number of rotatable bonds is 11. The number of anilines is 1. The minimum Gasteiger partial charge on any atom is -0.481 e. The number of nitro groups is 1. The average molecular weight is 542 g/mol. The predicted molar refractivity (Wildman–Crippen MR) is 135 cm³/mol. The molecule has 14 heteroatoms. The average Bonchev–Trinajstić information content (AvgIpc) is 2.89. The lowest BCUT2D eigenvalue weighted by molar-refractivity contribution is -0.384. The molecule has 0 bridgehead atoms. The van der Waals surface area contributed by atoms with Crippen LogP contribution in [0.1, 0.15) is 32.3 Å². The smallest absolute Gasteiger partial charge is 0.303 e. The summed E-state index contributed by atoms with van der Waals surface area (Å²) in [5.41, 5.74) is 3.47. The van der Waals surface area contributed by atoms with Crippen LogP contribution in [0.2, 0.25) is 0 Å². The first kappa shape index (κ1) is 28.6. The number of nitrogens with one attached hydrogen (secondary N) is 2. The van der Waals surface area contributed by atoms with E-state index in [4.69, 9.17) is 15.6 Å². The zero-order chi connectivity index (χ0) is 28.9. The van der Waals surface area contributed by atoms with E-state index in [1.165, 1.54) is 19.9 Å². The van der Waals surface area contributed by atoms with Gasteiger partial charge < -0.3 is 31.1 Å². The molecule has 1 aliphatic heterocycles. The van der Waals surface area contributed by atoms with Crippen LogP contribution in [0.15, 0.2) is 48.5 Å². The predicted octanol–water partition coefficient (Wildman–Crippen LogP) is 0.937. The van der Waals surface area contributed by atoms with E-state index < -0.39 is 58.6 Å². The van der Waals surface area contributed by atoms with E-state index in [2.05, 4.69) is 10.6 Å². The fourth-order valence-electron chi connectivity index (χ4n) is 3.89. The lowest BCUT2D eigenvalue weighted by Gasteiger charge is -2.39. The van der Waals surface area contributed by atoms with Crippen LogP contribution in [0.3, 0.4) is 0 Å². The summed E-state index contributed by atoms with van der Waals surface area (Å²) < 4.78 is 5.76. The minimum absolute atomic E-state index is 0.00241. The molecule has 0 saturated carbocycles. The maximum absolute atomic E-state index is 13.9. The van der Waals surface area contributed by atoms with Gasteiger partial charge >= 0.3 is 5.97 Å². The quantitative estimate of drug-likeness (QED) is 0.181. The molecule has 0 spiro atoms. The van der Waals surface area contributed by atoms with Gasteiger partial charge in [0.1, 0.15) is 17.8 Å².